The molecule has 0 spiro atoms. The minimum Gasteiger partial charge on any atom is -0.330 e. The number of halogens is 1. The van der Waals surface area contributed by atoms with Crippen molar-refractivity contribution in [1.29, 1.82) is 0 Å². The van der Waals surface area contributed by atoms with E-state index in [9.17, 15) is 10.1 Å². The van der Waals surface area contributed by atoms with Crippen LogP contribution >= 0.6 is 15.9 Å². The average molecular weight is 342 g/mol. The van der Waals surface area contributed by atoms with Gasteiger partial charge in [0.05, 0.1) is 4.92 Å². The molecule has 0 aliphatic carbocycles. The van der Waals surface area contributed by atoms with E-state index in [2.05, 4.69) is 20.8 Å². The highest BCUT2D eigenvalue weighted by atomic mass is 79.9. The molecule has 0 atom stereocenters. The summed E-state index contributed by atoms with van der Waals surface area (Å²) >= 11 is 3.34. The van der Waals surface area contributed by atoms with Gasteiger partial charge in [0, 0.05) is 23.2 Å². The standard InChI is InChI=1S/C14H20BrN3O2/c15-13-7-12(8-14(9-13)18(19)20)10-17-5-2-11(1-4-16)3-6-17/h7-9,11H,1-6,10,16H2. The van der Waals surface area contributed by atoms with Gasteiger partial charge in [-0.25, -0.2) is 0 Å². The summed E-state index contributed by atoms with van der Waals surface area (Å²) in [5.74, 6) is 0.744. The largest absolute Gasteiger partial charge is 0.330 e. The highest BCUT2D eigenvalue weighted by Crippen LogP contribution is 2.25. The first-order chi connectivity index (χ1) is 9.58. The van der Waals surface area contributed by atoms with Gasteiger partial charge in [0.2, 0.25) is 0 Å². The Hall–Kier alpha value is -0.980. The van der Waals surface area contributed by atoms with Gasteiger partial charge in [-0.05, 0) is 56.4 Å². The van der Waals surface area contributed by atoms with Crippen LogP contribution in [0.5, 0.6) is 0 Å². The highest BCUT2D eigenvalue weighted by Gasteiger charge is 2.19. The zero-order valence-electron chi connectivity index (χ0n) is 11.4. The highest BCUT2D eigenvalue weighted by molar-refractivity contribution is 9.10. The van der Waals surface area contributed by atoms with Crippen LogP contribution in [0.25, 0.3) is 0 Å². The summed E-state index contributed by atoms with van der Waals surface area (Å²) in [6.07, 6.45) is 3.46. The summed E-state index contributed by atoms with van der Waals surface area (Å²) in [4.78, 5) is 12.9. The van der Waals surface area contributed by atoms with Crippen molar-refractivity contribution in [2.75, 3.05) is 19.6 Å². The SMILES string of the molecule is NCCC1CCN(Cc2cc(Br)cc([N+](=O)[O-])c2)CC1. The van der Waals surface area contributed by atoms with Gasteiger partial charge >= 0.3 is 0 Å². The predicted octanol–water partition coefficient (Wildman–Crippen LogP) is 2.92. The van der Waals surface area contributed by atoms with Gasteiger partial charge in [-0.1, -0.05) is 15.9 Å². The molecule has 1 heterocycles. The molecule has 1 aliphatic heterocycles. The van der Waals surface area contributed by atoms with E-state index in [0.717, 1.165) is 48.6 Å². The first-order valence-corrected chi connectivity index (χ1v) is 7.74. The third kappa shape index (κ3) is 4.26. The molecule has 0 saturated carbocycles. The normalized spacial score (nSPS) is 17.3. The van der Waals surface area contributed by atoms with Crippen LogP contribution in [-0.2, 0) is 6.54 Å². The third-order valence-electron chi connectivity index (χ3n) is 3.84. The predicted molar refractivity (Wildman–Crippen MR) is 82.5 cm³/mol. The van der Waals surface area contributed by atoms with Gasteiger partial charge in [0.15, 0.2) is 0 Å². The van der Waals surface area contributed by atoms with Gasteiger partial charge in [-0.3, -0.25) is 15.0 Å². The van der Waals surface area contributed by atoms with E-state index >= 15 is 0 Å². The number of likely N-dealkylation sites (tertiary alicyclic amines) is 1. The van der Waals surface area contributed by atoms with Crippen molar-refractivity contribution in [1.82, 2.24) is 4.90 Å². The fourth-order valence-electron chi connectivity index (χ4n) is 2.76. The number of piperidine rings is 1. The molecule has 0 unspecified atom stereocenters. The molecule has 20 heavy (non-hydrogen) atoms. The van der Waals surface area contributed by atoms with Gasteiger partial charge in [-0.2, -0.15) is 0 Å². The number of hydrogen-bond donors (Lipinski definition) is 1. The monoisotopic (exact) mass is 341 g/mol. The molecule has 1 saturated heterocycles. The summed E-state index contributed by atoms with van der Waals surface area (Å²) in [6, 6.07) is 5.16. The maximum atomic E-state index is 10.9. The Morgan fingerprint density at radius 2 is 2.05 bits per heavy atom. The van der Waals surface area contributed by atoms with Gasteiger partial charge < -0.3 is 5.73 Å². The molecule has 2 rings (SSSR count). The molecule has 0 radical (unpaired) electrons. The number of nitrogens with two attached hydrogens (primary N) is 1. The summed E-state index contributed by atoms with van der Waals surface area (Å²) in [5.41, 5.74) is 6.73. The maximum Gasteiger partial charge on any atom is 0.270 e. The van der Waals surface area contributed by atoms with E-state index in [1.807, 2.05) is 6.07 Å². The lowest BCUT2D eigenvalue weighted by atomic mass is 9.93. The van der Waals surface area contributed by atoms with Crippen molar-refractivity contribution in [3.05, 3.63) is 38.3 Å². The van der Waals surface area contributed by atoms with Gasteiger partial charge in [0.1, 0.15) is 0 Å². The van der Waals surface area contributed by atoms with Crippen molar-refractivity contribution in [2.45, 2.75) is 25.8 Å². The first-order valence-electron chi connectivity index (χ1n) is 6.95. The molecule has 1 aliphatic rings. The van der Waals surface area contributed by atoms with Crippen molar-refractivity contribution in [3.8, 4) is 0 Å². The van der Waals surface area contributed by atoms with E-state index in [1.54, 1.807) is 6.07 Å². The number of benzene rings is 1. The minimum atomic E-state index is -0.345. The van der Waals surface area contributed by atoms with Crippen LogP contribution < -0.4 is 5.73 Å². The minimum absolute atomic E-state index is 0.146. The number of nitro benzene ring substituents is 1. The van der Waals surface area contributed by atoms with Crippen LogP contribution in [0.3, 0.4) is 0 Å². The zero-order valence-corrected chi connectivity index (χ0v) is 13.0. The summed E-state index contributed by atoms with van der Waals surface area (Å²) in [6.45, 7) is 3.63. The average Bonchev–Trinajstić information content (AvgIpc) is 2.40. The molecule has 6 heteroatoms. The number of non-ortho nitro benzene ring substituents is 1. The summed E-state index contributed by atoms with van der Waals surface area (Å²) in [7, 11) is 0. The molecule has 1 aromatic rings. The molecule has 110 valence electrons. The lowest BCUT2D eigenvalue weighted by molar-refractivity contribution is -0.385. The molecule has 0 bridgehead atoms. The second kappa shape index (κ2) is 7.15. The molecule has 0 amide bonds. The fourth-order valence-corrected chi connectivity index (χ4v) is 3.29. The van der Waals surface area contributed by atoms with Crippen molar-refractivity contribution >= 4 is 21.6 Å². The van der Waals surface area contributed by atoms with Crippen LogP contribution in [0.1, 0.15) is 24.8 Å². The zero-order chi connectivity index (χ0) is 14.5. The summed E-state index contributed by atoms with van der Waals surface area (Å²) < 4.78 is 0.764. The van der Waals surface area contributed by atoms with E-state index in [-0.39, 0.29) is 10.6 Å². The molecule has 5 nitrogen and oxygen atoms in total. The van der Waals surface area contributed by atoms with Crippen molar-refractivity contribution < 1.29 is 4.92 Å². The Labute approximate surface area is 127 Å². The summed E-state index contributed by atoms with van der Waals surface area (Å²) in [5, 5.41) is 10.9. The molecule has 1 aromatic carbocycles. The maximum absolute atomic E-state index is 10.9. The first kappa shape index (κ1) is 15.4. The topological polar surface area (TPSA) is 72.4 Å². The lowest BCUT2D eigenvalue weighted by Crippen LogP contribution is -2.33. The Kier molecular flexibility index (Phi) is 5.51. The molecule has 1 fully saturated rings. The Morgan fingerprint density at radius 1 is 1.35 bits per heavy atom. The van der Waals surface area contributed by atoms with E-state index < -0.39 is 0 Å². The lowest BCUT2D eigenvalue weighted by Gasteiger charge is -2.31. The number of hydrogen-bond acceptors (Lipinski definition) is 4. The van der Waals surface area contributed by atoms with Crippen LogP contribution in [0.15, 0.2) is 22.7 Å². The second-order valence-electron chi connectivity index (χ2n) is 5.37. The Bertz CT molecular complexity index is 473. The second-order valence-corrected chi connectivity index (χ2v) is 6.29. The van der Waals surface area contributed by atoms with Crippen LogP contribution in [0.4, 0.5) is 5.69 Å². The quantitative estimate of drug-likeness (QED) is 0.660. The molecule has 2 N–H and O–H groups in total. The molecular formula is C14H20BrN3O2. The fraction of sp³-hybridized carbons (Fsp3) is 0.571. The molecule has 0 aromatic heterocycles. The van der Waals surface area contributed by atoms with E-state index in [0.29, 0.717) is 0 Å². The van der Waals surface area contributed by atoms with Crippen LogP contribution in [0, 0.1) is 16.0 Å². The number of nitro groups is 1. The van der Waals surface area contributed by atoms with E-state index in [4.69, 9.17) is 5.73 Å². The molecular weight excluding hydrogens is 322 g/mol. The van der Waals surface area contributed by atoms with Gasteiger partial charge in [0.25, 0.3) is 5.69 Å². The van der Waals surface area contributed by atoms with Crippen molar-refractivity contribution in [2.24, 2.45) is 11.7 Å². The van der Waals surface area contributed by atoms with E-state index in [1.165, 1.54) is 18.9 Å². The third-order valence-corrected chi connectivity index (χ3v) is 4.30. The Balaban J connectivity index is 1.96. The Morgan fingerprint density at radius 3 is 2.65 bits per heavy atom. The number of rotatable bonds is 5. The smallest absolute Gasteiger partial charge is 0.270 e. The van der Waals surface area contributed by atoms with Crippen molar-refractivity contribution in [3.63, 3.8) is 0 Å². The van der Waals surface area contributed by atoms with Gasteiger partial charge in [-0.15, -0.1) is 0 Å². The van der Waals surface area contributed by atoms with Crippen LogP contribution in [0.2, 0.25) is 0 Å². The number of nitrogens with zero attached hydrogens (tertiary/aromatic N) is 2. The van der Waals surface area contributed by atoms with Crippen LogP contribution in [-0.4, -0.2) is 29.5 Å².